The first-order chi connectivity index (χ1) is 13.5. The van der Waals surface area contributed by atoms with Crippen LogP contribution in [0.3, 0.4) is 0 Å². The Morgan fingerprint density at radius 1 is 1.43 bits per heavy atom. The summed E-state index contributed by atoms with van der Waals surface area (Å²) >= 11 is 6.05. The van der Waals surface area contributed by atoms with Gasteiger partial charge < -0.3 is 20.3 Å². The van der Waals surface area contributed by atoms with E-state index in [1.807, 2.05) is 30.1 Å². The maximum Gasteiger partial charge on any atom is 0.166 e. The van der Waals surface area contributed by atoms with Gasteiger partial charge in [0.2, 0.25) is 0 Å². The summed E-state index contributed by atoms with van der Waals surface area (Å²) in [6, 6.07) is 10.2. The van der Waals surface area contributed by atoms with E-state index in [-0.39, 0.29) is 11.2 Å². The first kappa shape index (κ1) is 18.2. The zero-order chi connectivity index (χ0) is 19.8. The van der Waals surface area contributed by atoms with Crippen molar-refractivity contribution >= 4 is 34.4 Å². The molecule has 0 fully saturated rings. The molecular weight excluding hydrogens is 374 g/mol. The number of benzene rings is 1. The van der Waals surface area contributed by atoms with Crippen LogP contribution in [0.1, 0.15) is 24.5 Å². The molecule has 28 heavy (non-hydrogen) atoms. The number of hydrogen-bond acceptors (Lipinski definition) is 6. The molecule has 0 saturated heterocycles. The molecule has 2 aliphatic heterocycles. The van der Waals surface area contributed by atoms with Gasteiger partial charge in [0.05, 0.1) is 29.4 Å². The number of likely N-dealkylation sites (N-methyl/N-ethyl adjacent to an activating group) is 1. The van der Waals surface area contributed by atoms with E-state index < -0.39 is 0 Å². The lowest BCUT2D eigenvalue weighted by Crippen LogP contribution is -2.30. The van der Waals surface area contributed by atoms with Gasteiger partial charge in [0.15, 0.2) is 5.76 Å². The van der Waals surface area contributed by atoms with Crippen molar-refractivity contribution in [1.82, 2.24) is 10.3 Å². The second kappa shape index (κ2) is 7.10. The maximum absolute atomic E-state index is 9.38. The van der Waals surface area contributed by atoms with Gasteiger partial charge in [-0.3, -0.25) is 0 Å². The molecule has 1 aromatic heterocycles. The number of anilines is 3. The van der Waals surface area contributed by atoms with E-state index >= 15 is 0 Å². The number of rotatable bonds is 2. The van der Waals surface area contributed by atoms with Crippen LogP contribution in [0.25, 0.3) is 5.70 Å². The zero-order valence-corrected chi connectivity index (χ0v) is 16.5. The van der Waals surface area contributed by atoms with Crippen LogP contribution in [0.15, 0.2) is 48.5 Å². The molecule has 1 atom stereocenters. The second-order valence-corrected chi connectivity index (χ2v) is 7.24. The molecular formula is C21H20ClN5O. The highest BCUT2D eigenvalue weighted by atomic mass is 35.5. The Balaban J connectivity index is 1.78. The van der Waals surface area contributed by atoms with Gasteiger partial charge in [0.1, 0.15) is 16.8 Å². The third-order valence-corrected chi connectivity index (χ3v) is 5.29. The van der Waals surface area contributed by atoms with Crippen molar-refractivity contribution in [3.63, 3.8) is 0 Å². The molecule has 3 heterocycles. The molecule has 0 saturated carbocycles. The van der Waals surface area contributed by atoms with Crippen molar-refractivity contribution < 1.29 is 4.74 Å². The van der Waals surface area contributed by atoms with Crippen LogP contribution in [-0.4, -0.2) is 24.7 Å². The molecule has 2 N–H and O–H groups in total. The number of pyridine rings is 1. The van der Waals surface area contributed by atoms with Crippen molar-refractivity contribution in [3.8, 4) is 6.07 Å². The van der Waals surface area contributed by atoms with E-state index in [9.17, 15) is 5.26 Å². The lowest BCUT2D eigenvalue weighted by molar-refractivity contribution is 0.217. The summed E-state index contributed by atoms with van der Waals surface area (Å²) in [4.78, 5) is 5.99. The third-order valence-electron chi connectivity index (χ3n) is 5.00. The van der Waals surface area contributed by atoms with Crippen molar-refractivity contribution in [2.24, 2.45) is 0 Å². The summed E-state index contributed by atoms with van der Waals surface area (Å²) < 4.78 is 6.01. The molecule has 0 bridgehead atoms. The van der Waals surface area contributed by atoms with Gasteiger partial charge in [0, 0.05) is 37.0 Å². The highest BCUT2D eigenvalue weighted by molar-refractivity contribution is 6.31. The molecule has 0 aliphatic carbocycles. The number of aromatic nitrogens is 1. The van der Waals surface area contributed by atoms with Gasteiger partial charge >= 0.3 is 0 Å². The molecule has 1 unspecified atom stereocenters. The number of nitrogens with zero attached hydrogens (tertiary/aromatic N) is 3. The number of ether oxygens (including phenoxy) is 1. The molecule has 4 rings (SSSR count). The standard InChI is InChI=1S/C21H20ClN5O/c1-12-7-9-28-20-13(2)27(3)18-5-4-14(10-15(18)19(20)25-12)26-17-6-8-24-21(22)16(17)11-23/h4-6,8,10,12,25H,2,7,9H2,1,3H3,(H,24,26). The Morgan fingerprint density at radius 3 is 3.04 bits per heavy atom. The summed E-state index contributed by atoms with van der Waals surface area (Å²) in [5.41, 5.74) is 5.59. The lowest BCUT2D eigenvalue weighted by atomic mass is 10.00. The average Bonchev–Trinajstić information content (AvgIpc) is 2.88. The Labute approximate surface area is 169 Å². The Morgan fingerprint density at radius 2 is 2.25 bits per heavy atom. The number of nitriles is 1. The number of halogens is 1. The zero-order valence-electron chi connectivity index (χ0n) is 15.7. The van der Waals surface area contributed by atoms with Crippen molar-refractivity contribution in [1.29, 1.82) is 5.26 Å². The normalized spacial score (nSPS) is 18.3. The molecule has 2 aliphatic rings. The minimum absolute atomic E-state index is 0.180. The van der Waals surface area contributed by atoms with Gasteiger partial charge in [-0.15, -0.1) is 0 Å². The van der Waals surface area contributed by atoms with Crippen molar-refractivity contribution in [3.05, 3.63) is 64.8 Å². The SMILES string of the molecule is C=C1C2=C(NC(C)CCO2)c2cc(Nc3ccnc(Cl)c3C#N)ccc2N1C. The number of fused-ring (bicyclic) bond motifs is 2. The van der Waals surface area contributed by atoms with Gasteiger partial charge in [-0.1, -0.05) is 18.2 Å². The second-order valence-electron chi connectivity index (χ2n) is 6.89. The summed E-state index contributed by atoms with van der Waals surface area (Å²) in [7, 11) is 1.98. The van der Waals surface area contributed by atoms with Gasteiger partial charge in [0.25, 0.3) is 0 Å². The molecule has 0 radical (unpaired) electrons. The van der Waals surface area contributed by atoms with E-state index in [0.29, 0.717) is 17.9 Å². The van der Waals surface area contributed by atoms with Crippen LogP contribution in [-0.2, 0) is 4.74 Å². The summed E-state index contributed by atoms with van der Waals surface area (Å²) in [6.45, 7) is 6.98. The van der Waals surface area contributed by atoms with E-state index in [1.165, 1.54) is 0 Å². The smallest absolute Gasteiger partial charge is 0.166 e. The molecule has 7 heteroatoms. The monoisotopic (exact) mass is 393 g/mol. The molecule has 142 valence electrons. The molecule has 0 spiro atoms. The van der Waals surface area contributed by atoms with Gasteiger partial charge in [-0.05, 0) is 31.2 Å². The number of hydrogen-bond donors (Lipinski definition) is 2. The molecule has 2 aromatic rings. The quantitative estimate of drug-likeness (QED) is 0.737. The predicted molar refractivity (Wildman–Crippen MR) is 111 cm³/mol. The minimum Gasteiger partial charge on any atom is -0.489 e. The lowest BCUT2D eigenvalue weighted by Gasteiger charge is -2.33. The topological polar surface area (TPSA) is 73.2 Å². The summed E-state index contributed by atoms with van der Waals surface area (Å²) in [6.07, 6.45) is 2.49. The van der Waals surface area contributed by atoms with Crippen LogP contribution in [0.4, 0.5) is 17.1 Å². The Kier molecular flexibility index (Phi) is 4.62. The van der Waals surface area contributed by atoms with E-state index in [4.69, 9.17) is 16.3 Å². The van der Waals surface area contributed by atoms with E-state index in [2.05, 4.69) is 35.2 Å². The summed E-state index contributed by atoms with van der Waals surface area (Å²) in [5.74, 6) is 0.779. The fraction of sp³-hybridized carbons (Fsp3) is 0.238. The first-order valence-electron chi connectivity index (χ1n) is 9.02. The minimum atomic E-state index is 0.180. The van der Waals surface area contributed by atoms with E-state index in [0.717, 1.165) is 40.5 Å². The van der Waals surface area contributed by atoms with Crippen LogP contribution >= 0.6 is 11.6 Å². The molecule has 0 amide bonds. The molecule has 6 nitrogen and oxygen atoms in total. The van der Waals surface area contributed by atoms with Crippen LogP contribution < -0.4 is 15.5 Å². The van der Waals surface area contributed by atoms with Crippen molar-refractivity contribution in [2.75, 3.05) is 23.9 Å². The van der Waals surface area contributed by atoms with Crippen LogP contribution in [0.2, 0.25) is 5.15 Å². The van der Waals surface area contributed by atoms with Gasteiger partial charge in [-0.2, -0.15) is 5.26 Å². The van der Waals surface area contributed by atoms with Crippen molar-refractivity contribution in [2.45, 2.75) is 19.4 Å². The van der Waals surface area contributed by atoms with E-state index in [1.54, 1.807) is 12.3 Å². The molecule has 1 aromatic carbocycles. The predicted octanol–water partition coefficient (Wildman–Crippen LogP) is 4.38. The summed E-state index contributed by atoms with van der Waals surface area (Å²) in [5, 5.41) is 16.4. The fourth-order valence-electron chi connectivity index (χ4n) is 3.43. The maximum atomic E-state index is 9.38. The van der Waals surface area contributed by atoms with Crippen LogP contribution in [0, 0.1) is 11.3 Å². The highest BCUT2D eigenvalue weighted by Gasteiger charge is 2.30. The highest BCUT2D eigenvalue weighted by Crippen LogP contribution is 2.41. The first-order valence-corrected chi connectivity index (χ1v) is 9.40. The Bertz CT molecular complexity index is 1040. The van der Waals surface area contributed by atoms with Gasteiger partial charge in [-0.25, -0.2) is 4.98 Å². The largest absolute Gasteiger partial charge is 0.489 e. The Hall–Kier alpha value is -3.17. The third kappa shape index (κ3) is 3.04. The average molecular weight is 394 g/mol. The number of nitrogens with one attached hydrogen (secondary N) is 2. The van der Waals surface area contributed by atoms with Crippen LogP contribution in [0.5, 0.6) is 0 Å². The fourth-order valence-corrected chi connectivity index (χ4v) is 3.63.